The lowest BCUT2D eigenvalue weighted by atomic mass is 10.2. The quantitative estimate of drug-likeness (QED) is 0.412. The number of ether oxygens (including phenoxy) is 1. The van der Waals surface area contributed by atoms with Crippen LogP contribution in [0.2, 0.25) is 10.0 Å². The molecule has 0 atom stereocenters. The molecule has 7 nitrogen and oxygen atoms in total. The Bertz CT molecular complexity index is 1450. The van der Waals surface area contributed by atoms with E-state index in [2.05, 4.69) is 26.2 Å². The van der Waals surface area contributed by atoms with Gasteiger partial charge in [0.05, 0.1) is 40.7 Å². The van der Waals surface area contributed by atoms with Gasteiger partial charge in [0, 0.05) is 16.6 Å². The number of hydrogen-bond acceptors (Lipinski definition) is 5. The Hall–Kier alpha value is -3.60. The summed E-state index contributed by atoms with van der Waals surface area (Å²) in [6.07, 6.45) is 3.43. The van der Waals surface area contributed by atoms with Crippen molar-refractivity contribution in [1.82, 2.24) is 24.7 Å². The van der Waals surface area contributed by atoms with Crippen LogP contribution in [0.4, 0.5) is 0 Å². The first-order valence-electron chi connectivity index (χ1n) is 8.92. The first-order valence-corrected chi connectivity index (χ1v) is 9.68. The van der Waals surface area contributed by atoms with Gasteiger partial charge in [-0.05, 0) is 42.5 Å². The van der Waals surface area contributed by atoms with Gasteiger partial charge in [-0.25, -0.2) is 9.97 Å². The van der Waals surface area contributed by atoms with Crippen LogP contribution in [-0.2, 0) is 6.54 Å². The maximum absolute atomic E-state index is 9.16. The minimum absolute atomic E-state index is 0.394. The van der Waals surface area contributed by atoms with Crippen molar-refractivity contribution in [2.24, 2.45) is 0 Å². The number of aromatic amines is 1. The molecule has 0 fully saturated rings. The number of H-pyrrole nitrogens is 1. The van der Waals surface area contributed by atoms with Crippen LogP contribution in [-0.4, -0.2) is 24.7 Å². The first kappa shape index (κ1) is 18.4. The summed E-state index contributed by atoms with van der Waals surface area (Å²) in [6.45, 7) is 0.499. The zero-order valence-electron chi connectivity index (χ0n) is 15.3. The molecule has 0 unspecified atom stereocenters. The Morgan fingerprint density at radius 3 is 2.90 bits per heavy atom. The summed E-state index contributed by atoms with van der Waals surface area (Å²) in [5.41, 5.74) is 3.41. The summed E-state index contributed by atoms with van der Waals surface area (Å²) in [5, 5.41) is 18.2. The largest absolute Gasteiger partial charge is 0.453 e. The number of hydrogen-bond donors (Lipinski definition) is 1. The number of halogens is 2. The molecule has 3 heterocycles. The van der Waals surface area contributed by atoms with E-state index in [1.807, 2.05) is 22.8 Å². The number of benzene rings is 2. The van der Waals surface area contributed by atoms with Crippen LogP contribution in [0.1, 0.15) is 11.3 Å². The average Bonchev–Trinajstić information content (AvgIpc) is 3.34. The number of rotatable bonds is 4. The molecule has 0 radical (unpaired) electrons. The van der Waals surface area contributed by atoms with Crippen molar-refractivity contribution >= 4 is 45.3 Å². The summed E-state index contributed by atoms with van der Waals surface area (Å²) in [4.78, 5) is 8.78. The van der Waals surface area contributed by atoms with Gasteiger partial charge in [0.2, 0.25) is 0 Å². The Balaban J connectivity index is 1.55. The van der Waals surface area contributed by atoms with E-state index in [0.29, 0.717) is 39.2 Å². The van der Waals surface area contributed by atoms with Crippen molar-refractivity contribution in [3.05, 3.63) is 76.3 Å². The van der Waals surface area contributed by atoms with Crippen LogP contribution in [0.15, 0.2) is 55.0 Å². The molecule has 9 heteroatoms. The van der Waals surface area contributed by atoms with E-state index < -0.39 is 0 Å². The molecule has 146 valence electrons. The van der Waals surface area contributed by atoms with Gasteiger partial charge in [-0.3, -0.25) is 5.10 Å². The van der Waals surface area contributed by atoms with Gasteiger partial charge in [-0.1, -0.05) is 23.2 Å². The van der Waals surface area contributed by atoms with Gasteiger partial charge in [0.15, 0.2) is 11.4 Å². The lowest BCUT2D eigenvalue weighted by Crippen LogP contribution is -1.99. The van der Waals surface area contributed by atoms with Crippen molar-refractivity contribution in [3.63, 3.8) is 0 Å². The van der Waals surface area contributed by atoms with Gasteiger partial charge in [0.25, 0.3) is 0 Å². The molecule has 0 saturated heterocycles. The minimum Gasteiger partial charge on any atom is -0.453 e. The minimum atomic E-state index is 0.394. The normalized spacial score (nSPS) is 11.1. The van der Waals surface area contributed by atoms with E-state index in [4.69, 9.17) is 33.2 Å². The van der Waals surface area contributed by atoms with Gasteiger partial charge >= 0.3 is 0 Å². The smallest absolute Gasteiger partial charge is 0.173 e. The Morgan fingerprint density at radius 1 is 1.13 bits per heavy atom. The van der Waals surface area contributed by atoms with Crippen molar-refractivity contribution < 1.29 is 4.74 Å². The number of nitrogens with zero attached hydrogens (tertiary/aromatic N) is 5. The summed E-state index contributed by atoms with van der Waals surface area (Å²) >= 11 is 12.5. The average molecular weight is 435 g/mol. The maximum Gasteiger partial charge on any atom is 0.173 e. The number of fused-ring (bicyclic) bond motifs is 2. The van der Waals surface area contributed by atoms with E-state index in [9.17, 15) is 0 Å². The van der Waals surface area contributed by atoms with Crippen LogP contribution in [0.25, 0.3) is 22.1 Å². The van der Waals surface area contributed by atoms with Crippen LogP contribution >= 0.6 is 23.2 Å². The third-order valence-corrected chi connectivity index (χ3v) is 5.17. The molecular formula is C21H12Cl2N6O. The van der Waals surface area contributed by atoms with Gasteiger partial charge in [0.1, 0.15) is 11.3 Å². The predicted octanol–water partition coefficient (Wildman–Crippen LogP) is 5.33. The summed E-state index contributed by atoms with van der Waals surface area (Å²) in [5.74, 6) is 0.806. The first-order chi connectivity index (χ1) is 14.6. The number of pyridine rings is 1. The van der Waals surface area contributed by atoms with Crippen LogP contribution in [0, 0.1) is 11.3 Å². The summed E-state index contributed by atoms with van der Waals surface area (Å²) in [6, 6.07) is 14.3. The molecule has 5 aromatic rings. The summed E-state index contributed by atoms with van der Waals surface area (Å²) < 4.78 is 7.95. The molecule has 0 aliphatic heterocycles. The number of aromatic nitrogens is 5. The third kappa shape index (κ3) is 3.22. The van der Waals surface area contributed by atoms with Crippen molar-refractivity contribution in [2.45, 2.75) is 6.54 Å². The van der Waals surface area contributed by atoms with Crippen LogP contribution in [0.5, 0.6) is 11.5 Å². The predicted molar refractivity (Wildman–Crippen MR) is 114 cm³/mol. The second-order valence-corrected chi connectivity index (χ2v) is 7.42. The fraction of sp³-hybridized carbons (Fsp3) is 0.0476. The molecule has 0 saturated carbocycles. The Morgan fingerprint density at radius 2 is 2.03 bits per heavy atom. The highest BCUT2D eigenvalue weighted by Crippen LogP contribution is 2.37. The molecule has 0 bridgehead atoms. The highest BCUT2D eigenvalue weighted by molar-refractivity contribution is 6.33. The highest BCUT2D eigenvalue weighted by Gasteiger charge is 2.16. The molecule has 3 aromatic heterocycles. The Labute approximate surface area is 180 Å². The summed E-state index contributed by atoms with van der Waals surface area (Å²) in [7, 11) is 0. The molecule has 30 heavy (non-hydrogen) atoms. The fourth-order valence-electron chi connectivity index (χ4n) is 3.30. The SMILES string of the molecule is N#Cc1cc(Cl)cc(Oc2c(Cl)ccc3c2ncn3Cc2n[nH]c3ncccc23)c1. The van der Waals surface area contributed by atoms with Gasteiger partial charge in [-0.2, -0.15) is 10.4 Å². The number of nitriles is 1. The molecular weight excluding hydrogens is 423 g/mol. The van der Waals surface area contributed by atoms with E-state index in [1.54, 1.807) is 36.8 Å². The molecule has 0 amide bonds. The second kappa shape index (κ2) is 7.34. The standard InChI is InChI=1S/C21H12Cl2N6O/c22-13-6-12(9-24)7-14(8-13)30-20-16(23)3-4-18-19(20)26-11-29(18)10-17-15-2-1-5-25-21(15)28-27-17/h1-8,11H,10H2,(H,25,27,28). The topological polar surface area (TPSA) is 92.4 Å². The molecule has 0 spiro atoms. The molecule has 0 aliphatic rings. The third-order valence-electron chi connectivity index (χ3n) is 4.65. The van der Waals surface area contributed by atoms with E-state index in [1.165, 1.54) is 0 Å². The molecule has 2 aromatic carbocycles. The number of nitrogens with one attached hydrogen (secondary N) is 1. The zero-order chi connectivity index (χ0) is 20.7. The molecule has 1 N–H and O–H groups in total. The fourth-order valence-corrected chi connectivity index (χ4v) is 3.72. The van der Waals surface area contributed by atoms with Gasteiger partial charge in [-0.15, -0.1) is 0 Å². The van der Waals surface area contributed by atoms with E-state index in [0.717, 1.165) is 22.2 Å². The lowest BCUT2D eigenvalue weighted by molar-refractivity contribution is 0.487. The van der Waals surface area contributed by atoms with E-state index >= 15 is 0 Å². The van der Waals surface area contributed by atoms with Crippen molar-refractivity contribution in [3.8, 4) is 17.6 Å². The van der Waals surface area contributed by atoms with Crippen molar-refractivity contribution in [2.75, 3.05) is 0 Å². The zero-order valence-corrected chi connectivity index (χ0v) is 16.8. The van der Waals surface area contributed by atoms with Gasteiger partial charge < -0.3 is 9.30 Å². The molecule has 0 aliphatic carbocycles. The van der Waals surface area contributed by atoms with Crippen LogP contribution < -0.4 is 4.74 Å². The second-order valence-electron chi connectivity index (χ2n) is 6.58. The maximum atomic E-state index is 9.16. The van der Waals surface area contributed by atoms with E-state index in [-0.39, 0.29) is 0 Å². The Kier molecular flexibility index (Phi) is 4.51. The van der Waals surface area contributed by atoms with Crippen molar-refractivity contribution in [1.29, 1.82) is 5.26 Å². The lowest BCUT2D eigenvalue weighted by Gasteiger charge is -2.10. The van der Waals surface area contributed by atoms with Crippen LogP contribution in [0.3, 0.4) is 0 Å². The molecule has 5 rings (SSSR count). The monoisotopic (exact) mass is 434 g/mol. The highest BCUT2D eigenvalue weighted by atomic mass is 35.5. The number of imidazole rings is 1.